The lowest BCUT2D eigenvalue weighted by Crippen LogP contribution is -2.34. The Hall–Kier alpha value is -2.34. The molecule has 2 aromatic carbocycles. The van der Waals surface area contributed by atoms with Gasteiger partial charge in [-0.1, -0.05) is 71.9 Å². The molecule has 0 spiro atoms. The molecule has 0 aliphatic rings. The molecule has 0 aliphatic heterocycles. The van der Waals surface area contributed by atoms with Crippen molar-refractivity contribution in [2.24, 2.45) is 17.9 Å². The van der Waals surface area contributed by atoms with Gasteiger partial charge in [-0.3, -0.25) is 0 Å². The van der Waals surface area contributed by atoms with Gasteiger partial charge in [-0.15, -0.1) is 0 Å². The maximum atomic E-state index is 10.4. The summed E-state index contributed by atoms with van der Waals surface area (Å²) in [5.41, 5.74) is 3.75. The van der Waals surface area contributed by atoms with Gasteiger partial charge in [-0.25, -0.2) is 0 Å². The first kappa shape index (κ1) is 30.2. The van der Waals surface area contributed by atoms with Gasteiger partial charge in [-0.2, -0.15) is 0 Å². The fourth-order valence-electron chi connectivity index (χ4n) is 4.84. The molecule has 5 nitrogen and oxygen atoms in total. The second-order valence-corrected chi connectivity index (χ2v) is 12.9. The number of ether oxygens (including phenoxy) is 2. The van der Waals surface area contributed by atoms with Gasteiger partial charge < -0.3 is 24.3 Å². The normalized spacial score (nSPS) is 15.0. The molecule has 0 radical (unpaired) electrons. The number of aliphatic hydroxyl groups is 2. The maximum absolute atomic E-state index is 10.4. The minimum Gasteiger partial charge on any atom is -0.494 e. The number of aryl methyl sites for hydroxylation is 1. The molecule has 0 aliphatic carbocycles. The van der Waals surface area contributed by atoms with Crippen molar-refractivity contribution in [1.82, 2.24) is 4.57 Å². The number of hydrogen-bond donors (Lipinski definition) is 2. The Morgan fingerprint density at radius 3 is 2.05 bits per heavy atom. The van der Waals surface area contributed by atoms with Crippen LogP contribution in [-0.2, 0) is 11.8 Å². The molecule has 3 unspecified atom stereocenters. The molecule has 0 saturated heterocycles. The lowest BCUT2D eigenvalue weighted by Gasteiger charge is -2.35. The number of aromatic nitrogens is 1. The van der Waals surface area contributed by atoms with Crippen molar-refractivity contribution in [1.29, 1.82) is 0 Å². The van der Waals surface area contributed by atoms with Crippen LogP contribution in [0.3, 0.4) is 0 Å². The third-order valence-electron chi connectivity index (χ3n) is 7.17. The maximum Gasteiger partial charge on any atom is 0.121 e. The van der Waals surface area contributed by atoms with Gasteiger partial charge in [0.2, 0.25) is 0 Å². The highest BCUT2D eigenvalue weighted by Crippen LogP contribution is 2.33. The van der Waals surface area contributed by atoms with Crippen LogP contribution in [0, 0.1) is 10.8 Å². The molecule has 0 fully saturated rings. The van der Waals surface area contributed by atoms with E-state index in [0.29, 0.717) is 32.5 Å². The van der Waals surface area contributed by atoms with Gasteiger partial charge in [0.25, 0.3) is 0 Å². The fraction of sp³-hybridized carbons (Fsp3) is 0.576. The van der Waals surface area contributed by atoms with Crippen LogP contribution < -0.4 is 4.74 Å². The highest BCUT2D eigenvalue weighted by Gasteiger charge is 2.29. The van der Waals surface area contributed by atoms with E-state index in [0.717, 1.165) is 24.1 Å². The predicted octanol–water partition coefficient (Wildman–Crippen LogP) is 7.37. The summed E-state index contributed by atoms with van der Waals surface area (Å²) in [7, 11) is 2.07. The Morgan fingerprint density at radius 2 is 1.45 bits per heavy atom. The Kier molecular flexibility index (Phi) is 10.4. The number of aliphatic hydroxyl groups excluding tert-OH is 2. The molecular weight excluding hydrogens is 474 g/mol. The van der Waals surface area contributed by atoms with Crippen molar-refractivity contribution >= 4 is 10.9 Å². The van der Waals surface area contributed by atoms with Crippen molar-refractivity contribution in [2.75, 3.05) is 13.2 Å². The number of rotatable bonds is 13. The first-order valence-electron chi connectivity index (χ1n) is 14.1. The van der Waals surface area contributed by atoms with E-state index >= 15 is 0 Å². The summed E-state index contributed by atoms with van der Waals surface area (Å²) >= 11 is 0. The first-order valence-corrected chi connectivity index (χ1v) is 14.1. The van der Waals surface area contributed by atoms with Crippen molar-refractivity contribution < 1.29 is 19.7 Å². The number of hydrogen-bond acceptors (Lipinski definition) is 4. The minimum absolute atomic E-state index is 0.0698. The van der Waals surface area contributed by atoms with E-state index in [4.69, 9.17) is 9.47 Å². The molecule has 0 amide bonds. The summed E-state index contributed by atoms with van der Waals surface area (Å²) in [5, 5.41) is 22.1. The smallest absolute Gasteiger partial charge is 0.121 e. The molecule has 1 heterocycles. The largest absolute Gasteiger partial charge is 0.494 e. The molecule has 1 aromatic heterocycles. The van der Waals surface area contributed by atoms with Gasteiger partial charge in [0.1, 0.15) is 5.75 Å². The van der Waals surface area contributed by atoms with E-state index in [-0.39, 0.29) is 16.9 Å². The van der Waals surface area contributed by atoms with E-state index in [1.54, 1.807) is 0 Å². The molecule has 0 bridgehead atoms. The number of nitrogens with zero attached hydrogens (tertiary/aromatic N) is 1. The SMILES string of the molecule is Cn1c(-c2ccccc2)cc2ccc(OCCCC(O)C(O)CCCOC(CC(C)(C)C)C(C)(C)C)cc21. The van der Waals surface area contributed by atoms with Crippen LogP contribution in [0.25, 0.3) is 22.2 Å². The average Bonchev–Trinajstić information content (AvgIpc) is 3.18. The minimum atomic E-state index is -0.754. The Morgan fingerprint density at radius 1 is 0.816 bits per heavy atom. The monoisotopic (exact) mass is 523 g/mol. The van der Waals surface area contributed by atoms with Crippen molar-refractivity contribution in [3.63, 3.8) is 0 Å². The molecule has 3 aromatic rings. The highest BCUT2D eigenvalue weighted by atomic mass is 16.5. The Labute approximate surface area is 229 Å². The van der Waals surface area contributed by atoms with Crippen LogP contribution in [0.15, 0.2) is 54.6 Å². The Balaban J connectivity index is 1.40. The van der Waals surface area contributed by atoms with Crippen molar-refractivity contribution in [3.05, 3.63) is 54.6 Å². The fourth-order valence-corrected chi connectivity index (χ4v) is 4.84. The molecule has 3 rings (SSSR count). The van der Waals surface area contributed by atoms with E-state index in [9.17, 15) is 10.2 Å². The van der Waals surface area contributed by atoms with Gasteiger partial charge in [0.05, 0.1) is 30.4 Å². The molecule has 2 N–H and O–H groups in total. The summed E-state index contributed by atoms with van der Waals surface area (Å²) in [4.78, 5) is 0. The Bertz CT molecular complexity index is 1120. The second-order valence-electron chi connectivity index (χ2n) is 12.9. The van der Waals surface area contributed by atoms with Crippen LogP contribution in [0.4, 0.5) is 0 Å². The van der Waals surface area contributed by atoms with Gasteiger partial charge >= 0.3 is 0 Å². The van der Waals surface area contributed by atoms with Gasteiger partial charge in [0.15, 0.2) is 0 Å². The van der Waals surface area contributed by atoms with Gasteiger partial charge in [0, 0.05) is 30.8 Å². The van der Waals surface area contributed by atoms with E-state index < -0.39 is 12.2 Å². The third-order valence-corrected chi connectivity index (χ3v) is 7.17. The zero-order chi connectivity index (χ0) is 27.9. The van der Waals surface area contributed by atoms with Crippen molar-refractivity contribution in [2.45, 2.75) is 92.0 Å². The number of fused-ring (bicyclic) bond motifs is 1. The molecular formula is C33H49NO4. The zero-order valence-corrected chi connectivity index (χ0v) is 24.5. The molecule has 5 heteroatoms. The van der Waals surface area contributed by atoms with E-state index in [2.05, 4.69) is 95.6 Å². The summed E-state index contributed by atoms with van der Waals surface area (Å²) in [6.45, 7) is 14.4. The van der Waals surface area contributed by atoms with Crippen LogP contribution in [0.2, 0.25) is 0 Å². The predicted molar refractivity (Wildman–Crippen MR) is 158 cm³/mol. The standard InChI is InChI=1S/C33H49NO4/c1-32(2,3)23-31(33(4,5)6)38-20-12-16-30(36)29(35)15-11-19-37-26-18-17-25-21-27(34(7)28(25)22-26)24-13-9-8-10-14-24/h8-10,13-14,17-18,21-22,29-31,35-36H,11-12,15-16,19-20,23H2,1-7H3. The highest BCUT2D eigenvalue weighted by molar-refractivity contribution is 5.88. The quantitative estimate of drug-likeness (QED) is 0.230. The average molecular weight is 524 g/mol. The molecule has 38 heavy (non-hydrogen) atoms. The lowest BCUT2D eigenvalue weighted by atomic mass is 9.78. The molecule has 210 valence electrons. The topological polar surface area (TPSA) is 63.9 Å². The summed E-state index contributed by atoms with van der Waals surface area (Å²) in [5.74, 6) is 0.814. The number of benzene rings is 2. The molecule has 0 saturated carbocycles. The lowest BCUT2D eigenvalue weighted by molar-refractivity contribution is -0.0487. The summed E-state index contributed by atoms with van der Waals surface area (Å²) in [6, 6.07) is 18.7. The van der Waals surface area contributed by atoms with Gasteiger partial charge in [-0.05, 0) is 66.7 Å². The van der Waals surface area contributed by atoms with E-state index in [1.165, 1.54) is 16.6 Å². The van der Waals surface area contributed by atoms with Crippen LogP contribution >= 0.6 is 0 Å². The van der Waals surface area contributed by atoms with Crippen LogP contribution in [-0.4, -0.2) is 46.3 Å². The second kappa shape index (κ2) is 13.1. The van der Waals surface area contributed by atoms with E-state index in [1.807, 2.05) is 12.1 Å². The summed E-state index contributed by atoms with van der Waals surface area (Å²) < 4.78 is 14.4. The first-order chi connectivity index (χ1) is 17.8. The van der Waals surface area contributed by atoms with Crippen LogP contribution in [0.1, 0.15) is 73.6 Å². The van der Waals surface area contributed by atoms with Crippen LogP contribution in [0.5, 0.6) is 5.75 Å². The molecule has 3 atom stereocenters. The van der Waals surface area contributed by atoms with Crippen molar-refractivity contribution in [3.8, 4) is 17.0 Å². The third kappa shape index (κ3) is 8.86. The summed E-state index contributed by atoms with van der Waals surface area (Å²) in [6.07, 6.45) is 2.10. The zero-order valence-electron chi connectivity index (χ0n) is 24.5.